The second-order valence-corrected chi connectivity index (χ2v) is 5.95. The summed E-state index contributed by atoms with van der Waals surface area (Å²) in [6, 6.07) is 4.95. The Labute approximate surface area is 114 Å². The first-order chi connectivity index (χ1) is 8.60. The second kappa shape index (κ2) is 5.86. The lowest BCUT2D eigenvalue weighted by Gasteiger charge is -2.28. The summed E-state index contributed by atoms with van der Waals surface area (Å²) in [5.74, 6) is -1.64. The van der Waals surface area contributed by atoms with Gasteiger partial charge in [0.2, 0.25) is 11.7 Å². The highest BCUT2D eigenvalue weighted by molar-refractivity contribution is 5.19. The molecule has 1 aromatic rings. The zero-order valence-corrected chi connectivity index (χ0v) is 12.3. The molecule has 0 aliphatic rings. The smallest absolute Gasteiger partial charge is 0.220 e. The number of β-amino-alcohol motifs (C(OH)–C–C–N with tert-alkyl or cyclic N) is 2. The number of rotatable bonds is 5. The summed E-state index contributed by atoms with van der Waals surface area (Å²) in [5, 5.41) is 23.2. The van der Waals surface area contributed by atoms with E-state index in [1.54, 1.807) is 18.2 Å². The predicted octanol–water partition coefficient (Wildman–Crippen LogP) is 1.39. The van der Waals surface area contributed by atoms with Gasteiger partial charge in [0.25, 0.3) is 0 Å². The average molecular weight is 268 g/mol. The van der Waals surface area contributed by atoms with Gasteiger partial charge in [-0.15, -0.1) is 0 Å². The Morgan fingerprint density at radius 1 is 1.26 bits per heavy atom. The second-order valence-electron chi connectivity index (χ2n) is 5.95. The molecule has 0 aromatic carbocycles. The van der Waals surface area contributed by atoms with Crippen molar-refractivity contribution in [1.29, 1.82) is 0 Å². The number of nitrogens with zero attached hydrogens (tertiary/aromatic N) is 1. The van der Waals surface area contributed by atoms with Gasteiger partial charge in [0.05, 0.1) is 12.6 Å². The Morgan fingerprint density at radius 2 is 1.89 bits per heavy atom. The van der Waals surface area contributed by atoms with Gasteiger partial charge >= 0.3 is 0 Å². The van der Waals surface area contributed by atoms with Crippen molar-refractivity contribution in [2.45, 2.75) is 52.0 Å². The molecular weight excluding hydrogens is 244 g/mol. The zero-order valence-electron chi connectivity index (χ0n) is 12.3. The number of hydrogen-bond donors (Lipinski definition) is 3. The molecule has 5 heteroatoms. The van der Waals surface area contributed by atoms with E-state index in [0.717, 1.165) is 0 Å². The molecule has 0 fully saturated rings. The lowest BCUT2D eigenvalue weighted by Crippen LogP contribution is -2.46. The van der Waals surface area contributed by atoms with Gasteiger partial charge in [-0.3, -0.25) is 0 Å². The van der Waals surface area contributed by atoms with Crippen molar-refractivity contribution in [3.63, 3.8) is 0 Å². The Balaban J connectivity index is 2.82. The van der Waals surface area contributed by atoms with E-state index in [9.17, 15) is 10.2 Å². The van der Waals surface area contributed by atoms with Gasteiger partial charge in [-0.1, -0.05) is 6.07 Å². The summed E-state index contributed by atoms with van der Waals surface area (Å²) in [6.45, 7) is 9.63. The molecular formula is C14H24N2O3. The third kappa shape index (κ3) is 5.55. The fraction of sp³-hybridized carbons (Fsp3) is 0.643. The Bertz CT molecular complexity index is 411. The number of aliphatic hydroxyl groups is 2. The van der Waals surface area contributed by atoms with Crippen molar-refractivity contribution in [3.8, 4) is 5.88 Å². The van der Waals surface area contributed by atoms with Crippen LogP contribution in [0.5, 0.6) is 5.88 Å². The van der Waals surface area contributed by atoms with Crippen molar-refractivity contribution in [1.82, 2.24) is 10.3 Å². The fourth-order valence-corrected chi connectivity index (χ4v) is 1.42. The Morgan fingerprint density at radius 3 is 2.42 bits per heavy atom. The summed E-state index contributed by atoms with van der Waals surface area (Å²) in [7, 11) is 0. The van der Waals surface area contributed by atoms with Crippen LogP contribution in [0.1, 0.15) is 40.3 Å². The van der Waals surface area contributed by atoms with E-state index in [4.69, 9.17) is 4.74 Å². The van der Waals surface area contributed by atoms with Crippen molar-refractivity contribution in [2.24, 2.45) is 0 Å². The highest BCUT2D eigenvalue weighted by atomic mass is 16.5. The third-order valence-electron chi connectivity index (χ3n) is 2.36. The summed E-state index contributed by atoms with van der Waals surface area (Å²) < 4.78 is 5.44. The maximum atomic E-state index is 10.1. The lowest BCUT2D eigenvalue weighted by atomic mass is 10.1. The Hall–Kier alpha value is -1.17. The highest BCUT2D eigenvalue weighted by Gasteiger charge is 2.29. The molecule has 0 saturated carbocycles. The van der Waals surface area contributed by atoms with E-state index in [1.165, 1.54) is 0 Å². The lowest BCUT2D eigenvalue weighted by molar-refractivity contribution is -0.171. The van der Waals surface area contributed by atoms with Gasteiger partial charge < -0.3 is 20.3 Å². The molecule has 1 aromatic heterocycles. The van der Waals surface area contributed by atoms with E-state index >= 15 is 0 Å². The van der Waals surface area contributed by atoms with Crippen LogP contribution in [-0.4, -0.2) is 33.4 Å². The number of pyridine rings is 1. The van der Waals surface area contributed by atoms with Crippen LogP contribution in [0, 0.1) is 0 Å². The molecule has 108 valence electrons. The third-order valence-corrected chi connectivity index (χ3v) is 2.36. The number of aromatic nitrogens is 1. The minimum atomic E-state index is -2.02. The van der Waals surface area contributed by atoms with E-state index < -0.39 is 5.79 Å². The standard InChI is InChI=1S/C14H24N2O3/c1-10(2)19-12-8-6-7-11(16-12)14(17,18)9-15-13(3,4)5/h6-8,10,15,17-18H,9H2,1-5H3. The highest BCUT2D eigenvalue weighted by Crippen LogP contribution is 2.19. The van der Waals surface area contributed by atoms with Crippen LogP contribution in [-0.2, 0) is 5.79 Å². The molecule has 0 amide bonds. The maximum absolute atomic E-state index is 10.1. The molecule has 0 atom stereocenters. The number of nitrogens with one attached hydrogen (secondary N) is 1. The minimum absolute atomic E-state index is 0.00533. The zero-order chi connectivity index (χ0) is 14.7. The van der Waals surface area contributed by atoms with Crippen LogP contribution < -0.4 is 10.1 Å². The molecule has 0 bridgehead atoms. The van der Waals surface area contributed by atoms with E-state index in [-0.39, 0.29) is 23.9 Å². The van der Waals surface area contributed by atoms with Gasteiger partial charge in [-0.2, -0.15) is 0 Å². The molecule has 1 rings (SSSR count). The van der Waals surface area contributed by atoms with Crippen LogP contribution >= 0.6 is 0 Å². The predicted molar refractivity (Wildman–Crippen MR) is 73.9 cm³/mol. The maximum Gasteiger partial charge on any atom is 0.220 e. The normalized spacial score (nSPS) is 12.8. The van der Waals surface area contributed by atoms with Crippen molar-refractivity contribution in [3.05, 3.63) is 23.9 Å². The first-order valence-electron chi connectivity index (χ1n) is 6.44. The molecule has 19 heavy (non-hydrogen) atoms. The molecule has 0 radical (unpaired) electrons. The SMILES string of the molecule is CC(C)Oc1cccc(C(O)(O)CNC(C)(C)C)n1. The van der Waals surface area contributed by atoms with Gasteiger partial charge in [0, 0.05) is 11.6 Å². The van der Waals surface area contributed by atoms with Crippen LogP contribution in [0.15, 0.2) is 18.2 Å². The summed E-state index contributed by atoms with van der Waals surface area (Å²) in [5.41, 5.74) is -0.0367. The number of hydrogen-bond acceptors (Lipinski definition) is 5. The molecule has 0 aliphatic heterocycles. The molecule has 1 heterocycles. The molecule has 5 nitrogen and oxygen atoms in total. The van der Waals surface area contributed by atoms with Crippen LogP contribution in [0.2, 0.25) is 0 Å². The first kappa shape index (κ1) is 15.9. The quantitative estimate of drug-likeness (QED) is 0.704. The Kier molecular flexibility index (Phi) is 4.90. The number of ether oxygens (including phenoxy) is 1. The molecule has 0 unspecified atom stereocenters. The van der Waals surface area contributed by atoms with Gasteiger partial charge in [0.15, 0.2) is 0 Å². The van der Waals surface area contributed by atoms with Gasteiger partial charge in [-0.25, -0.2) is 4.98 Å². The largest absolute Gasteiger partial charge is 0.475 e. The molecule has 0 saturated heterocycles. The van der Waals surface area contributed by atoms with E-state index in [2.05, 4.69) is 10.3 Å². The monoisotopic (exact) mass is 268 g/mol. The van der Waals surface area contributed by atoms with E-state index in [0.29, 0.717) is 5.88 Å². The molecule has 0 aliphatic carbocycles. The average Bonchev–Trinajstić information content (AvgIpc) is 2.25. The topological polar surface area (TPSA) is 74.6 Å². The fourth-order valence-electron chi connectivity index (χ4n) is 1.42. The van der Waals surface area contributed by atoms with Crippen molar-refractivity contribution < 1.29 is 14.9 Å². The molecule has 3 N–H and O–H groups in total. The van der Waals surface area contributed by atoms with E-state index in [1.807, 2.05) is 34.6 Å². The first-order valence-corrected chi connectivity index (χ1v) is 6.44. The summed E-state index contributed by atoms with van der Waals surface area (Å²) >= 11 is 0. The van der Waals surface area contributed by atoms with Crippen LogP contribution in [0.25, 0.3) is 0 Å². The summed E-state index contributed by atoms with van der Waals surface area (Å²) in [4.78, 5) is 4.12. The van der Waals surface area contributed by atoms with Crippen molar-refractivity contribution in [2.75, 3.05) is 6.54 Å². The van der Waals surface area contributed by atoms with Gasteiger partial charge in [0.1, 0.15) is 5.69 Å². The molecule has 0 spiro atoms. The minimum Gasteiger partial charge on any atom is -0.475 e. The van der Waals surface area contributed by atoms with Crippen molar-refractivity contribution >= 4 is 0 Å². The van der Waals surface area contributed by atoms with Crippen LogP contribution in [0.3, 0.4) is 0 Å². The van der Waals surface area contributed by atoms with Gasteiger partial charge in [-0.05, 0) is 40.7 Å². The van der Waals surface area contributed by atoms with Crippen LogP contribution in [0.4, 0.5) is 0 Å². The summed E-state index contributed by atoms with van der Waals surface area (Å²) in [6.07, 6.45) is -0.0118.